The van der Waals surface area contributed by atoms with Crippen LogP contribution in [-0.2, 0) is 9.47 Å². The molecule has 0 aromatic heterocycles. The van der Waals surface area contributed by atoms with Crippen molar-refractivity contribution in [2.75, 3.05) is 41.4 Å². The SMILES string of the molecule is CCOC(C)(N(C)C)N(C(=O)O)C(C)(OCC)N(C)C. The molecular formula is C13H29N3O4. The second kappa shape index (κ2) is 7.21. The largest absolute Gasteiger partial charge is 0.465 e. The predicted molar refractivity (Wildman–Crippen MR) is 77.3 cm³/mol. The Balaban J connectivity index is 5.88. The van der Waals surface area contributed by atoms with Gasteiger partial charge in [-0.3, -0.25) is 9.80 Å². The molecule has 0 aliphatic carbocycles. The Morgan fingerprint density at radius 2 is 1.25 bits per heavy atom. The van der Waals surface area contributed by atoms with Crippen molar-refractivity contribution in [2.24, 2.45) is 0 Å². The first-order chi connectivity index (χ1) is 9.07. The smallest absolute Gasteiger partial charge is 0.414 e. The summed E-state index contributed by atoms with van der Waals surface area (Å²) in [5, 5.41) is 9.71. The van der Waals surface area contributed by atoms with E-state index in [4.69, 9.17) is 9.47 Å². The highest BCUT2D eigenvalue weighted by atomic mass is 16.6. The molecule has 0 spiro atoms. The molecule has 0 bridgehead atoms. The maximum atomic E-state index is 11.9. The number of carbonyl (C=O) groups is 1. The average molecular weight is 291 g/mol. The molecular weight excluding hydrogens is 262 g/mol. The molecule has 7 heteroatoms. The molecule has 0 fully saturated rings. The normalized spacial score (nSPS) is 17.9. The lowest BCUT2D eigenvalue weighted by Gasteiger charge is -2.53. The number of carboxylic acid groups (broad SMARTS) is 1. The van der Waals surface area contributed by atoms with E-state index in [0.717, 1.165) is 0 Å². The van der Waals surface area contributed by atoms with Crippen molar-refractivity contribution in [1.82, 2.24) is 14.7 Å². The molecule has 1 N–H and O–H groups in total. The zero-order chi connectivity index (χ0) is 16.1. The van der Waals surface area contributed by atoms with Crippen LogP contribution in [0.4, 0.5) is 4.79 Å². The van der Waals surface area contributed by atoms with Crippen LogP contribution in [0.3, 0.4) is 0 Å². The van der Waals surface area contributed by atoms with Crippen LogP contribution in [0.2, 0.25) is 0 Å². The van der Waals surface area contributed by atoms with Crippen LogP contribution in [0.1, 0.15) is 27.7 Å². The zero-order valence-electron chi connectivity index (χ0n) is 13.9. The van der Waals surface area contributed by atoms with E-state index >= 15 is 0 Å². The molecule has 20 heavy (non-hydrogen) atoms. The van der Waals surface area contributed by atoms with Gasteiger partial charge >= 0.3 is 6.09 Å². The van der Waals surface area contributed by atoms with Gasteiger partial charge in [0.1, 0.15) is 0 Å². The first-order valence-corrected chi connectivity index (χ1v) is 6.73. The summed E-state index contributed by atoms with van der Waals surface area (Å²) in [5.41, 5.74) is 0. The second-order valence-electron chi connectivity index (χ2n) is 5.14. The van der Waals surface area contributed by atoms with E-state index in [1.807, 2.05) is 13.8 Å². The molecule has 0 aromatic carbocycles. The Morgan fingerprint density at radius 3 is 1.40 bits per heavy atom. The Bertz CT molecular complexity index is 301. The van der Waals surface area contributed by atoms with E-state index in [1.54, 1.807) is 51.8 Å². The highest BCUT2D eigenvalue weighted by molar-refractivity contribution is 5.66. The molecule has 0 aliphatic rings. The summed E-state index contributed by atoms with van der Waals surface area (Å²) in [4.78, 5) is 16.5. The third-order valence-electron chi connectivity index (χ3n) is 3.52. The van der Waals surface area contributed by atoms with E-state index in [9.17, 15) is 9.90 Å². The lowest BCUT2D eigenvalue weighted by Crippen LogP contribution is -2.71. The number of amides is 1. The maximum Gasteiger partial charge on any atom is 0.414 e. The summed E-state index contributed by atoms with van der Waals surface area (Å²) in [6.45, 7) is 7.85. The molecule has 0 saturated carbocycles. The Labute approximate surface area is 122 Å². The van der Waals surface area contributed by atoms with Crippen molar-refractivity contribution >= 4 is 6.09 Å². The van der Waals surface area contributed by atoms with Gasteiger partial charge in [0.2, 0.25) is 11.7 Å². The first kappa shape index (κ1) is 19.1. The summed E-state index contributed by atoms with van der Waals surface area (Å²) in [5.74, 6) is -2.29. The third-order valence-corrected chi connectivity index (χ3v) is 3.52. The van der Waals surface area contributed by atoms with Crippen LogP contribution < -0.4 is 0 Å². The van der Waals surface area contributed by atoms with Crippen LogP contribution in [0, 0.1) is 0 Å². The highest BCUT2D eigenvalue weighted by Crippen LogP contribution is 2.31. The van der Waals surface area contributed by atoms with Gasteiger partial charge in [0, 0.05) is 13.2 Å². The Morgan fingerprint density at radius 1 is 0.950 bits per heavy atom. The van der Waals surface area contributed by atoms with E-state index in [0.29, 0.717) is 13.2 Å². The van der Waals surface area contributed by atoms with Crippen LogP contribution in [0.5, 0.6) is 0 Å². The van der Waals surface area contributed by atoms with Crippen molar-refractivity contribution < 1.29 is 19.4 Å². The quantitative estimate of drug-likeness (QED) is 0.684. The first-order valence-electron chi connectivity index (χ1n) is 6.73. The zero-order valence-corrected chi connectivity index (χ0v) is 13.9. The van der Waals surface area contributed by atoms with E-state index in [-0.39, 0.29) is 0 Å². The number of rotatable bonds is 8. The molecule has 2 unspecified atom stereocenters. The minimum Gasteiger partial charge on any atom is -0.465 e. The van der Waals surface area contributed by atoms with E-state index in [2.05, 4.69) is 0 Å². The second-order valence-corrected chi connectivity index (χ2v) is 5.14. The molecule has 0 aromatic rings. The van der Waals surface area contributed by atoms with Gasteiger partial charge in [-0.2, -0.15) is 0 Å². The Hall–Kier alpha value is -0.890. The summed E-state index contributed by atoms with van der Waals surface area (Å²) in [6.07, 6.45) is -1.11. The van der Waals surface area contributed by atoms with E-state index in [1.165, 1.54) is 4.90 Å². The van der Waals surface area contributed by atoms with Crippen LogP contribution >= 0.6 is 0 Å². The summed E-state index contributed by atoms with van der Waals surface area (Å²) in [7, 11) is 7.09. The summed E-state index contributed by atoms with van der Waals surface area (Å²) in [6, 6.07) is 0. The fourth-order valence-corrected chi connectivity index (χ4v) is 2.07. The number of nitrogens with zero attached hydrogens (tertiary/aromatic N) is 3. The summed E-state index contributed by atoms with van der Waals surface area (Å²) >= 11 is 0. The average Bonchev–Trinajstić information content (AvgIpc) is 2.28. The fourth-order valence-electron chi connectivity index (χ4n) is 2.07. The number of hydrogen-bond acceptors (Lipinski definition) is 5. The van der Waals surface area contributed by atoms with Crippen molar-refractivity contribution in [2.45, 2.75) is 39.4 Å². The molecule has 2 atom stereocenters. The van der Waals surface area contributed by atoms with Gasteiger partial charge in [0.25, 0.3) is 0 Å². The molecule has 0 radical (unpaired) electrons. The van der Waals surface area contributed by atoms with Gasteiger partial charge in [-0.1, -0.05) is 0 Å². The predicted octanol–water partition coefficient (Wildman–Crippen LogP) is 1.51. The molecule has 0 heterocycles. The standard InChI is InChI=1S/C13H29N3O4/c1-9-19-12(3,14(5)6)16(11(17)18)13(4,15(7)8)20-10-2/h9-10H2,1-8H3,(H,17,18). The van der Waals surface area contributed by atoms with Crippen molar-refractivity contribution in [3.05, 3.63) is 0 Å². The van der Waals surface area contributed by atoms with Gasteiger partial charge in [-0.05, 0) is 55.9 Å². The van der Waals surface area contributed by atoms with Gasteiger partial charge in [-0.15, -0.1) is 0 Å². The van der Waals surface area contributed by atoms with Gasteiger partial charge in [-0.25, -0.2) is 9.69 Å². The fraction of sp³-hybridized carbons (Fsp3) is 0.923. The third kappa shape index (κ3) is 3.60. The van der Waals surface area contributed by atoms with Crippen molar-refractivity contribution in [1.29, 1.82) is 0 Å². The molecule has 0 saturated heterocycles. The summed E-state index contributed by atoms with van der Waals surface area (Å²) < 4.78 is 11.4. The molecule has 7 nitrogen and oxygen atoms in total. The van der Waals surface area contributed by atoms with Gasteiger partial charge in [0.05, 0.1) is 0 Å². The minimum atomic E-state index is -1.14. The van der Waals surface area contributed by atoms with Crippen LogP contribution in [0.15, 0.2) is 0 Å². The number of ether oxygens (including phenoxy) is 2. The lowest BCUT2D eigenvalue weighted by molar-refractivity contribution is -0.314. The van der Waals surface area contributed by atoms with Crippen molar-refractivity contribution in [3.8, 4) is 0 Å². The Kier molecular flexibility index (Phi) is 6.89. The monoisotopic (exact) mass is 291 g/mol. The minimum absolute atomic E-state index is 0.383. The molecule has 0 aliphatic heterocycles. The van der Waals surface area contributed by atoms with Crippen LogP contribution in [-0.4, -0.2) is 79.0 Å². The molecule has 0 rings (SSSR count). The molecule has 120 valence electrons. The lowest BCUT2D eigenvalue weighted by atomic mass is 10.2. The highest BCUT2D eigenvalue weighted by Gasteiger charge is 2.51. The molecule has 1 amide bonds. The van der Waals surface area contributed by atoms with Crippen LogP contribution in [0.25, 0.3) is 0 Å². The number of hydrogen-bond donors (Lipinski definition) is 1. The van der Waals surface area contributed by atoms with Gasteiger partial charge in [0.15, 0.2) is 0 Å². The van der Waals surface area contributed by atoms with Gasteiger partial charge < -0.3 is 14.6 Å². The van der Waals surface area contributed by atoms with Crippen molar-refractivity contribution in [3.63, 3.8) is 0 Å². The van der Waals surface area contributed by atoms with E-state index < -0.39 is 17.8 Å². The maximum absolute atomic E-state index is 11.9. The topological polar surface area (TPSA) is 65.5 Å².